The minimum atomic E-state index is -3.62. The van der Waals surface area contributed by atoms with Gasteiger partial charge in [0.05, 0.1) is 4.90 Å². The Bertz CT molecular complexity index is 1060. The fourth-order valence-electron chi connectivity index (χ4n) is 3.37. The van der Waals surface area contributed by atoms with E-state index in [1.807, 2.05) is 38.1 Å². The second kappa shape index (κ2) is 13.0. The van der Waals surface area contributed by atoms with Gasteiger partial charge in [-0.05, 0) is 56.5 Å². The van der Waals surface area contributed by atoms with Gasteiger partial charge < -0.3 is 10.2 Å². The number of halogens is 1. The molecule has 1 N–H and O–H groups in total. The maximum Gasteiger partial charge on any atom is 0.242 e. The van der Waals surface area contributed by atoms with E-state index in [9.17, 15) is 18.0 Å². The van der Waals surface area contributed by atoms with Crippen molar-refractivity contribution in [3.63, 3.8) is 0 Å². The Morgan fingerprint density at radius 3 is 2.35 bits per heavy atom. The molecule has 186 valence electrons. The summed E-state index contributed by atoms with van der Waals surface area (Å²) in [6.45, 7) is 6.11. The average Bonchev–Trinajstić information content (AvgIpc) is 2.82. The summed E-state index contributed by atoms with van der Waals surface area (Å²) >= 11 is 3.45. The predicted molar refractivity (Wildman–Crippen MR) is 138 cm³/mol. The number of rotatable bonds is 12. The van der Waals surface area contributed by atoms with Crippen molar-refractivity contribution in [1.29, 1.82) is 0 Å². The number of nitrogens with one attached hydrogen (secondary N) is 1. The Balaban J connectivity index is 2.09. The smallest absolute Gasteiger partial charge is 0.242 e. The first-order valence-corrected chi connectivity index (χ1v) is 13.6. The lowest BCUT2D eigenvalue weighted by atomic mass is 10.1. The van der Waals surface area contributed by atoms with Gasteiger partial charge in [0.2, 0.25) is 21.8 Å². The number of carbonyl (C=O) groups excluding carboxylic acids is 2. The highest BCUT2D eigenvalue weighted by Gasteiger charge is 2.27. The quantitative estimate of drug-likeness (QED) is 0.428. The summed E-state index contributed by atoms with van der Waals surface area (Å²) in [6, 6.07) is 15.2. The van der Waals surface area contributed by atoms with Crippen molar-refractivity contribution in [2.45, 2.75) is 63.6 Å². The molecule has 0 saturated carbocycles. The van der Waals surface area contributed by atoms with Crippen LogP contribution in [0.25, 0.3) is 0 Å². The fraction of sp³-hybridized carbons (Fsp3) is 0.440. The van der Waals surface area contributed by atoms with E-state index in [-0.39, 0.29) is 42.3 Å². The van der Waals surface area contributed by atoms with Gasteiger partial charge in [-0.2, -0.15) is 0 Å². The van der Waals surface area contributed by atoms with Crippen LogP contribution < -0.4 is 5.32 Å². The third-order valence-corrected chi connectivity index (χ3v) is 8.09. The lowest BCUT2D eigenvalue weighted by Gasteiger charge is -2.30. The van der Waals surface area contributed by atoms with E-state index in [0.29, 0.717) is 6.42 Å². The van der Waals surface area contributed by atoms with Crippen LogP contribution in [0.5, 0.6) is 0 Å². The van der Waals surface area contributed by atoms with Gasteiger partial charge in [-0.15, -0.1) is 0 Å². The predicted octanol–water partition coefficient (Wildman–Crippen LogP) is 4.18. The molecule has 9 heteroatoms. The van der Waals surface area contributed by atoms with Gasteiger partial charge in [-0.25, -0.2) is 12.7 Å². The number of benzene rings is 2. The lowest BCUT2D eigenvalue weighted by molar-refractivity contribution is -0.141. The Hall–Kier alpha value is -2.23. The van der Waals surface area contributed by atoms with Gasteiger partial charge in [0.15, 0.2) is 0 Å². The van der Waals surface area contributed by atoms with Crippen LogP contribution in [-0.2, 0) is 26.2 Å². The SMILES string of the molecule is CC[C@@H](C)NC(=O)[C@@H](C)N(Cc1cccc(Br)c1)C(=O)CCCN(C)S(=O)(=O)c1ccccc1. The Morgan fingerprint density at radius 2 is 1.74 bits per heavy atom. The summed E-state index contributed by atoms with van der Waals surface area (Å²) in [5.41, 5.74) is 0.898. The van der Waals surface area contributed by atoms with Crippen molar-refractivity contribution in [1.82, 2.24) is 14.5 Å². The van der Waals surface area contributed by atoms with Crippen molar-refractivity contribution in [2.24, 2.45) is 0 Å². The maximum atomic E-state index is 13.2. The molecule has 2 atom stereocenters. The molecule has 0 aromatic heterocycles. The molecule has 0 fully saturated rings. The first-order valence-electron chi connectivity index (χ1n) is 11.4. The molecule has 0 aliphatic carbocycles. The van der Waals surface area contributed by atoms with Crippen molar-refractivity contribution >= 4 is 37.8 Å². The van der Waals surface area contributed by atoms with Crippen LogP contribution in [0.4, 0.5) is 0 Å². The van der Waals surface area contributed by atoms with Crippen molar-refractivity contribution in [3.8, 4) is 0 Å². The molecule has 0 aliphatic rings. The highest BCUT2D eigenvalue weighted by atomic mass is 79.9. The molecule has 2 aromatic rings. The normalized spacial score (nSPS) is 13.4. The van der Waals surface area contributed by atoms with Crippen LogP contribution in [-0.4, -0.2) is 55.1 Å². The number of carbonyl (C=O) groups is 2. The second-order valence-corrected chi connectivity index (χ2v) is 11.3. The molecule has 0 aliphatic heterocycles. The maximum absolute atomic E-state index is 13.2. The zero-order chi connectivity index (χ0) is 25.3. The molecular weight excluding hydrogens is 518 g/mol. The first kappa shape index (κ1) is 28.0. The molecule has 34 heavy (non-hydrogen) atoms. The van der Waals surface area contributed by atoms with E-state index in [0.717, 1.165) is 16.5 Å². The Morgan fingerprint density at radius 1 is 1.06 bits per heavy atom. The molecule has 2 amide bonds. The summed E-state index contributed by atoms with van der Waals surface area (Å²) in [5.74, 6) is -0.404. The minimum absolute atomic E-state index is 0.00890. The molecular formula is C25H34BrN3O4S. The standard InChI is InChI=1S/C25H34BrN3O4S/c1-5-19(2)27-25(31)20(3)29(18-21-11-9-12-22(26)17-21)24(30)15-10-16-28(4)34(32,33)23-13-7-6-8-14-23/h6-9,11-14,17,19-20H,5,10,15-16,18H2,1-4H3,(H,27,31)/t19-,20-/m1/s1. The van der Waals surface area contributed by atoms with Gasteiger partial charge in [0, 0.05) is 37.1 Å². The fourth-order valence-corrected chi connectivity index (χ4v) is 5.05. The molecule has 0 radical (unpaired) electrons. The molecule has 0 heterocycles. The van der Waals surface area contributed by atoms with E-state index in [4.69, 9.17) is 0 Å². The number of amides is 2. The number of sulfonamides is 1. The van der Waals surface area contributed by atoms with Crippen molar-refractivity contribution in [3.05, 3.63) is 64.6 Å². The Kier molecular flexibility index (Phi) is 10.7. The van der Waals surface area contributed by atoms with E-state index < -0.39 is 16.1 Å². The van der Waals surface area contributed by atoms with Crippen LogP contribution in [0.3, 0.4) is 0 Å². The number of hydrogen-bond acceptors (Lipinski definition) is 4. The van der Waals surface area contributed by atoms with Gasteiger partial charge in [0.1, 0.15) is 6.04 Å². The molecule has 2 aromatic carbocycles. The van der Waals surface area contributed by atoms with Crippen LogP contribution in [0, 0.1) is 0 Å². The highest BCUT2D eigenvalue weighted by Crippen LogP contribution is 2.18. The van der Waals surface area contributed by atoms with Crippen molar-refractivity contribution in [2.75, 3.05) is 13.6 Å². The third kappa shape index (κ3) is 7.92. The van der Waals surface area contributed by atoms with E-state index in [1.54, 1.807) is 42.2 Å². The zero-order valence-corrected chi connectivity index (χ0v) is 22.6. The Labute approximate surface area is 211 Å². The largest absolute Gasteiger partial charge is 0.352 e. The third-order valence-electron chi connectivity index (χ3n) is 5.73. The van der Waals surface area contributed by atoms with E-state index in [2.05, 4.69) is 21.2 Å². The van der Waals surface area contributed by atoms with Gasteiger partial charge >= 0.3 is 0 Å². The summed E-state index contributed by atoms with van der Waals surface area (Å²) in [4.78, 5) is 27.8. The summed E-state index contributed by atoms with van der Waals surface area (Å²) in [7, 11) is -2.11. The lowest BCUT2D eigenvalue weighted by Crippen LogP contribution is -2.49. The van der Waals surface area contributed by atoms with Crippen molar-refractivity contribution < 1.29 is 18.0 Å². The second-order valence-electron chi connectivity index (χ2n) is 8.39. The van der Waals surface area contributed by atoms with Crippen LogP contribution in [0.2, 0.25) is 0 Å². The average molecular weight is 553 g/mol. The summed E-state index contributed by atoms with van der Waals surface area (Å²) in [6.07, 6.45) is 1.26. The molecule has 7 nitrogen and oxygen atoms in total. The van der Waals surface area contributed by atoms with Gasteiger partial charge in [-0.1, -0.05) is 53.2 Å². The molecule has 0 spiro atoms. The van der Waals surface area contributed by atoms with Crippen LogP contribution in [0.1, 0.15) is 45.6 Å². The number of hydrogen-bond donors (Lipinski definition) is 1. The molecule has 0 saturated heterocycles. The monoisotopic (exact) mass is 551 g/mol. The summed E-state index contributed by atoms with van der Waals surface area (Å²) < 4.78 is 27.6. The van der Waals surface area contributed by atoms with E-state index in [1.165, 1.54) is 11.4 Å². The zero-order valence-electron chi connectivity index (χ0n) is 20.2. The number of nitrogens with zero attached hydrogens (tertiary/aromatic N) is 2. The highest BCUT2D eigenvalue weighted by molar-refractivity contribution is 9.10. The summed E-state index contributed by atoms with van der Waals surface area (Å²) in [5, 5.41) is 2.94. The van der Waals surface area contributed by atoms with Gasteiger partial charge in [0.25, 0.3) is 0 Å². The topological polar surface area (TPSA) is 86.8 Å². The van der Waals surface area contributed by atoms with Gasteiger partial charge in [-0.3, -0.25) is 9.59 Å². The molecule has 2 rings (SSSR count). The first-order chi connectivity index (χ1) is 16.1. The van der Waals surface area contributed by atoms with Crippen LogP contribution >= 0.6 is 15.9 Å². The van der Waals surface area contributed by atoms with E-state index >= 15 is 0 Å². The van der Waals surface area contributed by atoms with Crippen LogP contribution in [0.15, 0.2) is 64.0 Å². The molecule has 0 unspecified atom stereocenters. The minimum Gasteiger partial charge on any atom is -0.352 e. The molecule has 0 bridgehead atoms.